The molecule has 0 aromatic carbocycles. The highest BCUT2D eigenvalue weighted by molar-refractivity contribution is 5.46. The second kappa shape index (κ2) is 5.35. The topological polar surface area (TPSA) is 39.9 Å². The number of hydrogen-bond donors (Lipinski definition) is 0. The van der Waals surface area contributed by atoms with Crippen molar-refractivity contribution in [3.05, 3.63) is 24.0 Å². The minimum atomic E-state index is 0.0541. The van der Waals surface area contributed by atoms with Crippen LogP contribution < -0.4 is 4.90 Å². The number of aromatic nitrogens is 1. The van der Waals surface area contributed by atoms with Crippen molar-refractivity contribution in [2.45, 2.75) is 20.8 Å². The van der Waals surface area contributed by atoms with Gasteiger partial charge in [-0.05, 0) is 32.9 Å². The third-order valence-corrected chi connectivity index (χ3v) is 2.34. The molecule has 1 unspecified atom stereocenters. The van der Waals surface area contributed by atoms with Crippen molar-refractivity contribution in [3.8, 4) is 6.07 Å². The Hall–Kier alpha value is -1.56. The molecule has 0 bridgehead atoms. The van der Waals surface area contributed by atoms with Crippen molar-refractivity contribution in [1.82, 2.24) is 4.98 Å². The van der Waals surface area contributed by atoms with Crippen LogP contribution >= 0.6 is 0 Å². The summed E-state index contributed by atoms with van der Waals surface area (Å²) >= 11 is 0. The minimum absolute atomic E-state index is 0.0541. The Morgan fingerprint density at radius 1 is 1.60 bits per heavy atom. The number of rotatable bonds is 4. The number of nitrogens with zero attached hydrogens (tertiary/aromatic N) is 3. The molecule has 3 heteroatoms. The molecule has 80 valence electrons. The number of aryl methyl sites for hydroxylation is 1. The average molecular weight is 203 g/mol. The SMILES string of the molecule is CCN(CC(C)C#N)c1ccnc(C)c1. The van der Waals surface area contributed by atoms with Gasteiger partial charge in [-0.15, -0.1) is 0 Å². The van der Waals surface area contributed by atoms with Crippen molar-refractivity contribution in [1.29, 1.82) is 5.26 Å². The van der Waals surface area contributed by atoms with Crippen molar-refractivity contribution < 1.29 is 0 Å². The van der Waals surface area contributed by atoms with Gasteiger partial charge in [0.1, 0.15) is 0 Å². The van der Waals surface area contributed by atoms with Gasteiger partial charge >= 0.3 is 0 Å². The Morgan fingerprint density at radius 2 is 2.33 bits per heavy atom. The number of hydrogen-bond acceptors (Lipinski definition) is 3. The van der Waals surface area contributed by atoms with Crippen LogP contribution in [-0.4, -0.2) is 18.1 Å². The predicted octanol–water partition coefficient (Wildman–Crippen LogP) is 2.38. The van der Waals surface area contributed by atoms with E-state index in [9.17, 15) is 0 Å². The predicted molar refractivity (Wildman–Crippen MR) is 61.6 cm³/mol. The molecule has 1 rings (SSSR count). The van der Waals surface area contributed by atoms with Crippen LogP contribution in [0.15, 0.2) is 18.3 Å². The molecule has 3 nitrogen and oxygen atoms in total. The van der Waals surface area contributed by atoms with Crippen molar-refractivity contribution in [3.63, 3.8) is 0 Å². The quantitative estimate of drug-likeness (QED) is 0.754. The first kappa shape index (κ1) is 11.5. The van der Waals surface area contributed by atoms with E-state index in [4.69, 9.17) is 5.26 Å². The van der Waals surface area contributed by atoms with E-state index in [0.29, 0.717) is 0 Å². The summed E-state index contributed by atoms with van der Waals surface area (Å²) in [6.07, 6.45) is 1.81. The molecule has 1 aromatic heterocycles. The molecule has 0 radical (unpaired) electrons. The van der Waals surface area contributed by atoms with Crippen LogP contribution in [0.1, 0.15) is 19.5 Å². The first-order valence-corrected chi connectivity index (χ1v) is 5.24. The largest absolute Gasteiger partial charge is 0.370 e. The lowest BCUT2D eigenvalue weighted by Gasteiger charge is -2.24. The molecule has 0 aliphatic rings. The second-order valence-electron chi connectivity index (χ2n) is 3.72. The Balaban J connectivity index is 2.79. The molecule has 0 amide bonds. The summed E-state index contributed by atoms with van der Waals surface area (Å²) in [5.41, 5.74) is 2.16. The van der Waals surface area contributed by atoms with Crippen LogP contribution in [0.2, 0.25) is 0 Å². The van der Waals surface area contributed by atoms with E-state index in [1.54, 1.807) is 0 Å². The molecular formula is C12H17N3. The Kier molecular flexibility index (Phi) is 4.11. The molecule has 0 aliphatic carbocycles. The molecule has 0 fully saturated rings. The number of nitriles is 1. The fourth-order valence-corrected chi connectivity index (χ4v) is 1.52. The standard InChI is InChI=1S/C12H17N3/c1-4-15(9-10(2)8-13)12-5-6-14-11(3)7-12/h5-7,10H,4,9H2,1-3H3. The summed E-state index contributed by atoms with van der Waals surface area (Å²) < 4.78 is 0. The van der Waals surface area contributed by atoms with Crippen molar-refractivity contribution in [2.75, 3.05) is 18.0 Å². The van der Waals surface area contributed by atoms with Crippen LogP contribution in [0.3, 0.4) is 0 Å². The minimum Gasteiger partial charge on any atom is -0.370 e. The molecule has 0 saturated carbocycles. The van der Waals surface area contributed by atoms with Gasteiger partial charge in [-0.25, -0.2) is 0 Å². The molecule has 15 heavy (non-hydrogen) atoms. The maximum absolute atomic E-state index is 8.79. The maximum atomic E-state index is 8.79. The molecular weight excluding hydrogens is 186 g/mol. The van der Waals surface area contributed by atoms with Crippen molar-refractivity contribution in [2.24, 2.45) is 5.92 Å². The zero-order valence-electron chi connectivity index (χ0n) is 9.57. The van der Waals surface area contributed by atoms with E-state index in [2.05, 4.69) is 22.9 Å². The summed E-state index contributed by atoms with van der Waals surface area (Å²) in [6.45, 7) is 7.70. The molecule has 0 saturated heterocycles. The van der Waals surface area contributed by atoms with Crippen LogP contribution in [0, 0.1) is 24.2 Å². The monoisotopic (exact) mass is 203 g/mol. The lowest BCUT2D eigenvalue weighted by atomic mass is 10.2. The van der Waals surface area contributed by atoms with Gasteiger partial charge in [0, 0.05) is 30.7 Å². The van der Waals surface area contributed by atoms with Gasteiger partial charge in [-0.3, -0.25) is 4.98 Å². The first-order chi connectivity index (χ1) is 7.17. The highest BCUT2D eigenvalue weighted by Crippen LogP contribution is 2.15. The highest BCUT2D eigenvalue weighted by Gasteiger charge is 2.08. The molecule has 0 N–H and O–H groups in total. The van der Waals surface area contributed by atoms with Gasteiger partial charge in [0.2, 0.25) is 0 Å². The molecule has 1 aromatic rings. The lowest BCUT2D eigenvalue weighted by Crippen LogP contribution is -2.27. The van der Waals surface area contributed by atoms with Gasteiger partial charge in [-0.1, -0.05) is 0 Å². The smallest absolute Gasteiger partial charge is 0.0671 e. The van der Waals surface area contributed by atoms with E-state index >= 15 is 0 Å². The van der Waals surface area contributed by atoms with E-state index in [0.717, 1.165) is 24.5 Å². The van der Waals surface area contributed by atoms with E-state index in [-0.39, 0.29) is 5.92 Å². The van der Waals surface area contributed by atoms with Gasteiger partial charge in [0.15, 0.2) is 0 Å². The summed E-state index contributed by atoms with van der Waals surface area (Å²) in [5.74, 6) is 0.0541. The van der Waals surface area contributed by atoms with Crippen LogP contribution in [0.4, 0.5) is 5.69 Å². The Morgan fingerprint density at radius 3 is 2.87 bits per heavy atom. The zero-order valence-corrected chi connectivity index (χ0v) is 9.57. The Labute approximate surface area is 91.4 Å². The summed E-state index contributed by atoms with van der Waals surface area (Å²) in [6, 6.07) is 6.29. The van der Waals surface area contributed by atoms with Crippen LogP contribution in [0.25, 0.3) is 0 Å². The van der Waals surface area contributed by atoms with Gasteiger partial charge in [0.05, 0.1) is 12.0 Å². The van der Waals surface area contributed by atoms with Crippen LogP contribution in [0.5, 0.6) is 0 Å². The number of pyridine rings is 1. The molecule has 0 spiro atoms. The van der Waals surface area contributed by atoms with Gasteiger partial charge in [-0.2, -0.15) is 5.26 Å². The lowest BCUT2D eigenvalue weighted by molar-refractivity contribution is 0.685. The summed E-state index contributed by atoms with van der Waals surface area (Å²) in [4.78, 5) is 6.36. The third-order valence-electron chi connectivity index (χ3n) is 2.34. The molecule has 1 heterocycles. The van der Waals surface area contributed by atoms with Gasteiger partial charge < -0.3 is 4.90 Å². The molecule has 1 atom stereocenters. The Bertz CT molecular complexity index is 354. The fourth-order valence-electron chi connectivity index (χ4n) is 1.52. The van der Waals surface area contributed by atoms with Crippen LogP contribution in [-0.2, 0) is 0 Å². The fraction of sp³-hybridized carbons (Fsp3) is 0.500. The normalized spacial score (nSPS) is 11.9. The second-order valence-corrected chi connectivity index (χ2v) is 3.72. The average Bonchev–Trinajstić information content (AvgIpc) is 2.25. The maximum Gasteiger partial charge on any atom is 0.0671 e. The molecule has 0 aliphatic heterocycles. The van der Waals surface area contributed by atoms with Gasteiger partial charge in [0.25, 0.3) is 0 Å². The zero-order chi connectivity index (χ0) is 11.3. The van der Waals surface area contributed by atoms with E-state index in [1.165, 1.54) is 0 Å². The number of anilines is 1. The van der Waals surface area contributed by atoms with Crippen molar-refractivity contribution >= 4 is 5.69 Å². The van der Waals surface area contributed by atoms with E-state index < -0.39 is 0 Å². The first-order valence-electron chi connectivity index (χ1n) is 5.24. The third kappa shape index (κ3) is 3.25. The highest BCUT2D eigenvalue weighted by atomic mass is 15.1. The summed E-state index contributed by atoms with van der Waals surface area (Å²) in [5, 5.41) is 8.79. The van der Waals surface area contributed by atoms with E-state index in [1.807, 2.05) is 32.2 Å². The summed E-state index contributed by atoms with van der Waals surface area (Å²) in [7, 11) is 0.